The Labute approximate surface area is 131 Å². The number of likely N-dealkylation sites (tertiary alicyclic amines) is 1. The fraction of sp³-hybridized carbons (Fsp3) is 0.647. The molecule has 0 aromatic rings. The zero-order valence-corrected chi connectivity index (χ0v) is 13.6. The van der Waals surface area contributed by atoms with Crippen LogP contribution in [0, 0.1) is 0 Å². The SMILES string of the molecule is C=CC[C@@]1([C@@H]2CCCCN2C(=O)OC(C)(C)C)C=CC(=O)O1. The number of nitrogens with zero attached hydrogens (tertiary/aromatic N) is 1. The maximum absolute atomic E-state index is 12.5. The molecule has 2 aliphatic rings. The van der Waals surface area contributed by atoms with Crippen LogP contribution in [-0.2, 0) is 14.3 Å². The van der Waals surface area contributed by atoms with E-state index in [1.807, 2.05) is 20.8 Å². The molecular formula is C17H25NO4. The molecule has 2 rings (SSSR count). The molecule has 2 aliphatic heterocycles. The molecule has 0 bridgehead atoms. The zero-order valence-electron chi connectivity index (χ0n) is 13.6. The van der Waals surface area contributed by atoms with Crippen LogP contribution in [0.2, 0.25) is 0 Å². The minimum Gasteiger partial charge on any atom is -0.449 e. The van der Waals surface area contributed by atoms with Crippen molar-refractivity contribution in [2.45, 2.75) is 63.7 Å². The van der Waals surface area contributed by atoms with Gasteiger partial charge < -0.3 is 14.4 Å². The lowest BCUT2D eigenvalue weighted by molar-refractivity contribution is -0.152. The third kappa shape index (κ3) is 3.51. The number of hydrogen-bond donors (Lipinski definition) is 0. The van der Waals surface area contributed by atoms with Crippen LogP contribution in [0.25, 0.3) is 0 Å². The van der Waals surface area contributed by atoms with Gasteiger partial charge in [0.1, 0.15) is 5.60 Å². The van der Waals surface area contributed by atoms with E-state index in [0.29, 0.717) is 13.0 Å². The maximum Gasteiger partial charge on any atom is 0.410 e. The molecule has 0 aromatic heterocycles. The van der Waals surface area contributed by atoms with Crippen molar-refractivity contribution in [3.05, 3.63) is 24.8 Å². The number of ether oxygens (including phenoxy) is 2. The summed E-state index contributed by atoms with van der Waals surface area (Å²) >= 11 is 0. The Balaban J connectivity index is 2.25. The van der Waals surface area contributed by atoms with Gasteiger partial charge in [0.2, 0.25) is 0 Å². The van der Waals surface area contributed by atoms with Gasteiger partial charge in [-0.15, -0.1) is 6.58 Å². The number of carbonyl (C=O) groups is 2. The maximum atomic E-state index is 12.5. The predicted octanol–water partition coefficient (Wildman–Crippen LogP) is 3.20. The summed E-state index contributed by atoms with van der Waals surface area (Å²) in [5, 5.41) is 0. The lowest BCUT2D eigenvalue weighted by Crippen LogP contribution is -2.57. The van der Waals surface area contributed by atoms with Gasteiger partial charge in [-0.05, 0) is 46.1 Å². The Kier molecular flexibility index (Phi) is 4.63. The summed E-state index contributed by atoms with van der Waals surface area (Å²) in [6, 6.07) is -0.211. The molecule has 0 saturated carbocycles. The van der Waals surface area contributed by atoms with E-state index in [-0.39, 0.29) is 18.1 Å². The van der Waals surface area contributed by atoms with Crippen molar-refractivity contribution in [1.82, 2.24) is 4.90 Å². The minimum atomic E-state index is -0.809. The summed E-state index contributed by atoms with van der Waals surface area (Å²) in [6.45, 7) is 9.91. The van der Waals surface area contributed by atoms with Gasteiger partial charge in [-0.2, -0.15) is 0 Å². The minimum absolute atomic E-state index is 0.211. The highest BCUT2D eigenvalue weighted by atomic mass is 16.6. The highest BCUT2D eigenvalue weighted by Crippen LogP contribution is 2.37. The van der Waals surface area contributed by atoms with Crippen molar-refractivity contribution in [2.75, 3.05) is 6.54 Å². The van der Waals surface area contributed by atoms with Gasteiger partial charge in [0.25, 0.3) is 0 Å². The second-order valence-electron chi connectivity index (χ2n) is 6.89. The van der Waals surface area contributed by atoms with Crippen molar-refractivity contribution in [2.24, 2.45) is 0 Å². The molecule has 0 spiro atoms. The second kappa shape index (κ2) is 6.15. The molecule has 1 fully saturated rings. The van der Waals surface area contributed by atoms with Gasteiger partial charge in [0.15, 0.2) is 5.60 Å². The average Bonchev–Trinajstić information content (AvgIpc) is 2.80. The molecule has 0 unspecified atom stereocenters. The standard InChI is InChI=1S/C17H25NO4/c1-5-10-17(11-9-14(19)21-17)13-8-6-7-12-18(13)15(20)22-16(2,3)4/h5,9,11,13H,1,6-8,10,12H2,2-4H3/t13-,17-/m0/s1. The van der Waals surface area contributed by atoms with Crippen LogP contribution >= 0.6 is 0 Å². The summed E-state index contributed by atoms with van der Waals surface area (Å²) in [4.78, 5) is 25.8. The predicted molar refractivity (Wildman–Crippen MR) is 83.4 cm³/mol. The fourth-order valence-corrected chi connectivity index (χ4v) is 3.09. The summed E-state index contributed by atoms with van der Waals surface area (Å²) in [5.74, 6) is -0.364. The van der Waals surface area contributed by atoms with Crippen LogP contribution in [0.3, 0.4) is 0 Å². The quantitative estimate of drug-likeness (QED) is 0.593. The average molecular weight is 307 g/mol. The van der Waals surface area contributed by atoms with Crippen LogP contribution in [0.15, 0.2) is 24.8 Å². The molecule has 122 valence electrons. The molecule has 0 aliphatic carbocycles. The largest absolute Gasteiger partial charge is 0.449 e. The first-order valence-electron chi connectivity index (χ1n) is 7.80. The van der Waals surface area contributed by atoms with Crippen LogP contribution in [0.1, 0.15) is 46.5 Å². The molecule has 0 N–H and O–H groups in total. The molecule has 5 nitrogen and oxygen atoms in total. The number of amides is 1. The van der Waals surface area contributed by atoms with Crippen molar-refractivity contribution in [3.63, 3.8) is 0 Å². The molecule has 1 saturated heterocycles. The van der Waals surface area contributed by atoms with E-state index in [2.05, 4.69) is 6.58 Å². The Bertz CT molecular complexity index is 491. The first-order valence-corrected chi connectivity index (χ1v) is 7.80. The molecule has 0 radical (unpaired) electrons. The van der Waals surface area contributed by atoms with Crippen molar-refractivity contribution in [1.29, 1.82) is 0 Å². The van der Waals surface area contributed by atoms with E-state index in [9.17, 15) is 9.59 Å². The van der Waals surface area contributed by atoms with Crippen molar-refractivity contribution >= 4 is 12.1 Å². The first kappa shape index (κ1) is 16.6. The van der Waals surface area contributed by atoms with Gasteiger partial charge in [-0.1, -0.05) is 6.08 Å². The Morgan fingerprint density at radius 3 is 2.82 bits per heavy atom. The molecule has 2 heterocycles. The van der Waals surface area contributed by atoms with E-state index >= 15 is 0 Å². The highest BCUT2D eigenvalue weighted by molar-refractivity contribution is 5.85. The second-order valence-corrected chi connectivity index (χ2v) is 6.89. The van der Waals surface area contributed by atoms with E-state index in [0.717, 1.165) is 19.3 Å². The molecule has 22 heavy (non-hydrogen) atoms. The smallest absolute Gasteiger partial charge is 0.410 e. The van der Waals surface area contributed by atoms with Crippen LogP contribution in [-0.4, -0.2) is 40.8 Å². The molecule has 0 aromatic carbocycles. The fourth-order valence-electron chi connectivity index (χ4n) is 3.09. The monoisotopic (exact) mass is 307 g/mol. The summed E-state index contributed by atoms with van der Waals surface area (Å²) < 4.78 is 11.1. The summed E-state index contributed by atoms with van der Waals surface area (Å²) in [7, 11) is 0. The van der Waals surface area contributed by atoms with E-state index in [1.165, 1.54) is 6.08 Å². The van der Waals surface area contributed by atoms with Crippen molar-refractivity contribution in [3.8, 4) is 0 Å². The van der Waals surface area contributed by atoms with Gasteiger partial charge in [0.05, 0.1) is 6.04 Å². The number of cyclic esters (lactones) is 1. The number of carbonyl (C=O) groups excluding carboxylic acids is 2. The molecule has 1 amide bonds. The number of esters is 1. The topological polar surface area (TPSA) is 55.8 Å². The van der Waals surface area contributed by atoms with Gasteiger partial charge in [-0.25, -0.2) is 9.59 Å². The van der Waals surface area contributed by atoms with E-state index in [1.54, 1.807) is 17.1 Å². The Morgan fingerprint density at radius 1 is 1.55 bits per heavy atom. The normalized spacial score (nSPS) is 28.4. The molecular weight excluding hydrogens is 282 g/mol. The highest BCUT2D eigenvalue weighted by Gasteiger charge is 2.48. The molecule has 2 atom stereocenters. The third-order valence-electron chi connectivity index (χ3n) is 3.95. The zero-order chi connectivity index (χ0) is 16.4. The lowest BCUT2D eigenvalue weighted by Gasteiger charge is -2.44. The van der Waals surface area contributed by atoms with E-state index in [4.69, 9.17) is 9.47 Å². The van der Waals surface area contributed by atoms with Crippen LogP contribution in [0.4, 0.5) is 4.79 Å². The number of piperidine rings is 1. The Hall–Kier alpha value is -1.78. The molecule has 5 heteroatoms. The van der Waals surface area contributed by atoms with Crippen LogP contribution in [0.5, 0.6) is 0 Å². The summed E-state index contributed by atoms with van der Waals surface area (Å²) in [5.41, 5.74) is -1.36. The van der Waals surface area contributed by atoms with Gasteiger partial charge in [-0.3, -0.25) is 0 Å². The number of hydrogen-bond acceptors (Lipinski definition) is 4. The lowest BCUT2D eigenvalue weighted by atomic mass is 9.84. The third-order valence-corrected chi connectivity index (χ3v) is 3.95. The Morgan fingerprint density at radius 2 is 2.27 bits per heavy atom. The number of rotatable bonds is 3. The van der Waals surface area contributed by atoms with E-state index < -0.39 is 11.2 Å². The first-order chi connectivity index (χ1) is 10.3. The summed E-state index contributed by atoms with van der Waals surface area (Å²) in [6.07, 6.45) is 7.77. The van der Waals surface area contributed by atoms with Crippen molar-refractivity contribution < 1.29 is 19.1 Å². The van der Waals surface area contributed by atoms with Crippen LogP contribution < -0.4 is 0 Å². The van der Waals surface area contributed by atoms with Gasteiger partial charge >= 0.3 is 12.1 Å². The van der Waals surface area contributed by atoms with Gasteiger partial charge in [0, 0.05) is 19.0 Å².